The highest BCUT2D eigenvalue weighted by Gasteiger charge is 2.19. The van der Waals surface area contributed by atoms with Crippen LogP contribution >= 0.6 is 0 Å². The Kier molecular flexibility index (Phi) is 2.66. The lowest BCUT2D eigenvalue weighted by Crippen LogP contribution is -2.26. The van der Waals surface area contributed by atoms with Crippen LogP contribution in [0.3, 0.4) is 0 Å². The first-order chi connectivity index (χ1) is 6.43. The highest BCUT2D eigenvalue weighted by molar-refractivity contribution is 5.88. The molecular formula is C8H11N3O3. The van der Waals surface area contributed by atoms with Crippen LogP contribution in [0.4, 0.5) is 0 Å². The van der Waals surface area contributed by atoms with Gasteiger partial charge in [-0.25, -0.2) is 9.78 Å². The van der Waals surface area contributed by atoms with Crippen molar-refractivity contribution >= 4 is 5.97 Å². The van der Waals surface area contributed by atoms with Crippen molar-refractivity contribution in [3.63, 3.8) is 0 Å². The first-order valence-electron chi connectivity index (χ1n) is 4.03. The maximum atomic E-state index is 11.3. The number of rotatable bonds is 2. The van der Waals surface area contributed by atoms with Gasteiger partial charge in [0.25, 0.3) is 5.56 Å². The molecule has 1 rings (SSSR count). The lowest BCUT2D eigenvalue weighted by atomic mass is 10.1. The molecule has 0 spiro atoms. The Balaban J connectivity index is 3.53. The van der Waals surface area contributed by atoms with Crippen LogP contribution in [0.25, 0.3) is 0 Å². The van der Waals surface area contributed by atoms with Gasteiger partial charge in [0.1, 0.15) is 11.4 Å². The molecule has 1 aromatic rings. The number of aromatic carboxylic acids is 1. The predicted octanol–water partition coefficient (Wildman–Crippen LogP) is -0.204. The van der Waals surface area contributed by atoms with Crippen LogP contribution in [0.5, 0.6) is 0 Å². The van der Waals surface area contributed by atoms with Crippen molar-refractivity contribution in [1.29, 1.82) is 0 Å². The zero-order chi connectivity index (χ0) is 10.9. The molecule has 6 heteroatoms. The van der Waals surface area contributed by atoms with Gasteiger partial charge in [0.2, 0.25) is 0 Å². The molecule has 1 heterocycles. The number of hydrogen-bond acceptors (Lipinski definition) is 4. The zero-order valence-electron chi connectivity index (χ0n) is 7.87. The number of nitrogens with one attached hydrogen (secondary N) is 1. The van der Waals surface area contributed by atoms with Crippen LogP contribution in [-0.2, 0) is 0 Å². The molecular weight excluding hydrogens is 186 g/mol. The van der Waals surface area contributed by atoms with Gasteiger partial charge in [0.05, 0.1) is 5.69 Å². The van der Waals surface area contributed by atoms with Gasteiger partial charge in [-0.3, -0.25) is 4.79 Å². The van der Waals surface area contributed by atoms with E-state index in [0.29, 0.717) is 5.82 Å². The van der Waals surface area contributed by atoms with E-state index >= 15 is 0 Å². The summed E-state index contributed by atoms with van der Waals surface area (Å²) in [4.78, 5) is 28.2. The Labute approximate surface area is 79.8 Å². The number of carbonyl (C=O) groups is 1. The normalized spacial score (nSPS) is 12.5. The maximum Gasteiger partial charge on any atom is 0.343 e. The van der Waals surface area contributed by atoms with Crippen LogP contribution in [0.2, 0.25) is 0 Å². The number of H-pyrrole nitrogens is 1. The molecule has 1 atom stereocenters. The fraction of sp³-hybridized carbons (Fsp3) is 0.375. The number of aromatic amines is 1. The zero-order valence-corrected chi connectivity index (χ0v) is 7.87. The Hall–Kier alpha value is -1.69. The van der Waals surface area contributed by atoms with E-state index in [1.54, 1.807) is 13.8 Å². The van der Waals surface area contributed by atoms with E-state index in [4.69, 9.17) is 10.8 Å². The minimum Gasteiger partial charge on any atom is -0.477 e. The third-order valence-corrected chi connectivity index (χ3v) is 1.71. The molecule has 0 aliphatic rings. The van der Waals surface area contributed by atoms with Crippen molar-refractivity contribution in [2.24, 2.45) is 5.73 Å². The average Bonchev–Trinajstić information content (AvgIpc) is 2.01. The summed E-state index contributed by atoms with van der Waals surface area (Å²) in [5.74, 6) is -0.960. The van der Waals surface area contributed by atoms with Crippen LogP contribution in [0, 0.1) is 6.92 Å². The summed E-state index contributed by atoms with van der Waals surface area (Å²) in [6.07, 6.45) is 0. The van der Waals surface area contributed by atoms with Gasteiger partial charge in [0, 0.05) is 6.04 Å². The Morgan fingerprint density at radius 3 is 2.64 bits per heavy atom. The molecule has 14 heavy (non-hydrogen) atoms. The van der Waals surface area contributed by atoms with Gasteiger partial charge in [-0.05, 0) is 13.8 Å². The van der Waals surface area contributed by atoms with E-state index in [-0.39, 0.29) is 11.3 Å². The first-order valence-corrected chi connectivity index (χ1v) is 4.03. The number of aryl methyl sites for hydroxylation is 1. The molecule has 0 fully saturated rings. The van der Waals surface area contributed by atoms with E-state index in [2.05, 4.69) is 9.97 Å². The second-order valence-electron chi connectivity index (χ2n) is 3.01. The van der Waals surface area contributed by atoms with Crippen molar-refractivity contribution in [2.75, 3.05) is 0 Å². The monoisotopic (exact) mass is 197 g/mol. The topological polar surface area (TPSA) is 109 Å². The molecule has 6 nitrogen and oxygen atoms in total. The van der Waals surface area contributed by atoms with Crippen LogP contribution < -0.4 is 11.3 Å². The fourth-order valence-corrected chi connectivity index (χ4v) is 1.14. The van der Waals surface area contributed by atoms with Crippen LogP contribution in [-0.4, -0.2) is 21.0 Å². The summed E-state index contributed by atoms with van der Waals surface area (Å²) in [7, 11) is 0. The number of aromatic nitrogens is 2. The standard InChI is InChI=1S/C8H11N3O3/c1-3(9)6-5(8(13)14)7(12)11-4(2)10-6/h3H,9H2,1-2H3,(H,13,14)(H,10,11,12)/t3-/m0/s1. The molecule has 0 saturated carbocycles. The number of hydrogen-bond donors (Lipinski definition) is 3. The minimum absolute atomic E-state index is 0.110. The van der Waals surface area contributed by atoms with Crippen molar-refractivity contribution < 1.29 is 9.90 Å². The number of nitrogens with two attached hydrogens (primary N) is 1. The van der Waals surface area contributed by atoms with Crippen molar-refractivity contribution in [2.45, 2.75) is 19.9 Å². The molecule has 0 amide bonds. The van der Waals surface area contributed by atoms with Crippen molar-refractivity contribution in [3.05, 3.63) is 27.4 Å². The minimum atomic E-state index is -1.31. The van der Waals surface area contributed by atoms with Crippen LogP contribution in [0.15, 0.2) is 4.79 Å². The summed E-state index contributed by atoms with van der Waals surface area (Å²) in [5, 5.41) is 8.77. The van der Waals surface area contributed by atoms with E-state index in [0.717, 1.165) is 0 Å². The summed E-state index contributed by atoms with van der Waals surface area (Å²) in [5.41, 5.74) is 4.57. The summed E-state index contributed by atoms with van der Waals surface area (Å²) in [6.45, 7) is 3.15. The molecule has 0 saturated heterocycles. The molecule has 0 aliphatic carbocycles. The molecule has 0 radical (unpaired) electrons. The first kappa shape index (κ1) is 10.4. The summed E-state index contributed by atoms with van der Waals surface area (Å²) in [6, 6.07) is -0.581. The SMILES string of the molecule is Cc1nc([C@H](C)N)c(C(=O)O)c(=O)[nH]1. The largest absolute Gasteiger partial charge is 0.477 e. The van der Waals surface area contributed by atoms with Gasteiger partial charge in [0.15, 0.2) is 0 Å². The highest BCUT2D eigenvalue weighted by Crippen LogP contribution is 2.09. The quantitative estimate of drug-likeness (QED) is 0.608. The number of carboxylic acids is 1. The number of nitrogens with zero attached hydrogens (tertiary/aromatic N) is 1. The van der Waals surface area contributed by atoms with Crippen molar-refractivity contribution in [1.82, 2.24) is 9.97 Å². The number of carboxylic acid groups (broad SMARTS) is 1. The summed E-state index contributed by atoms with van der Waals surface area (Å²) >= 11 is 0. The average molecular weight is 197 g/mol. The molecule has 0 aromatic carbocycles. The van der Waals surface area contributed by atoms with Crippen molar-refractivity contribution in [3.8, 4) is 0 Å². The summed E-state index contributed by atoms with van der Waals surface area (Å²) < 4.78 is 0. The van der Waals surface area contributed by atoms with Gasteiger partial charge < -0.3 is 15.8 Å². The lowest BCUT2D eigenvalue weighted by molar-refractivity contribution is 0.0692. The molecule has 0 bridgehead atoms. The van der Waals surface area contributed by atoms with Gasteiger partial charge in [-0.1, -0.05) is 0 Å². The molecule has 0 unspecified atom stereocenters. The molecule has 4 N–H and O–H groups in total. The Morgan fingerprint density at radius 1 is 1.64 bits per heavy atom. The predicted molar refractivity (Wildman–Crippen MR) is 49.2 cm³/mol. The van der Waals surface area contributed by atoms with Crippen LogP contribution in [0.1, 0.15) is 34.8 Å². The lowest BCUT2D eigenvalue weighted by Gasteiger charge is -2.08. The maximum absolute atomic E-state index is 11.3. The van der Waals surface area contributed by atoms with E-state index in [9.17, 15) is 9.59 Å². The molecule has 1 aromatic heterocycles. The fourth-order valence-electron chi connectivity index (χ4n) is 1.14. The molecule has 76 valence electrons. The van der Waals surface area contributed by atoms with E-state index in [1.165, 1.54) is 0 Å². The van der Waals surface area contributed by atoms with Gasteiger partial charge >= 0.3 is 5.97 Å². The Morgan fingerprint density at radius 2 is 2.21 bits per heavy atom. The third-order valence-electron chi connectivity index (χ3n) is 1.71. The second-order valence-corrected chi connectivity index (χ2v) is 3.01. The van der Waals surface area contributed by atoms with E-state index in [1.807, 2.05) is 0 Å². The highest BCUT2D eigenvalue weighted by atomic mass is 16.4. The van der Waals surface area contributed by atoms with E-state index < -0.39 is 17.6 Å². The third kappa shape index (κ3) is 1.80. The van der Waals surface area contributed by atoms with Gasteiger partial charge in [-0.2, -0.15) is 0 Å². The smallest absolute Gasteiger partial charge is 0.343 e. The Bertz CT molecular complexity index is 422. The van der Waals surface area contributed by atoms with Gasteiger partial charge in [-0.15, -0.1) is 0 Å². The molecule has 0 aliphatic heterocycles. The second kappa shape index (κ2) is 3.59.